The van der Waals surface area contributed by atoms with E-state index in [2.05, 4.69) is 27.2 Å². The molecular weight excluding hydrogens is 418 g/mol. The van der Waals surface area contributed by atoms with Gasteiger partial charge in [0.2, 0.25) is 5.88 Å². The molecule has 7 nitrogen and oxygen atoms in total. The van der Waals surface area contributed by atoms with Crippen LogP contribution < -0.4 is 14.2 Å². The van der Waals surface area contributed by atoms with E-state index in [1.165, 1.54) is 5.56 Å². The maximum atomic E-state index is 10.1. The molecular formula is C26H31N3O4. The van der Waals surface area contributed by atoms with Gasteiger partial charge in [0.05, 0.1) is 18.4 Å². The first kappa shape index (κ1) is 23.0. The van der Waals surface area contributed by atoms with Crippen LogP contribution in [0, 0.1) is 0 Å². The van der Waals surface area contributed by atoms with Gasteiger partial charge >= 0.3 is 0 Å². The fraction of sp³-hybridized carbons (Fsp3) is 0.385. The molecule has 1 fully saturated rings. The maximum Gasteiger partial charge on any atom is 0.233 e. The largest absolute Gasteiger partial charge is 0.497 e. The predicted molar refractivity (Wildman–Crippen MR) is 127 cm³/mol. The fourth-order valence-electron chi connectivity index (χ4n) is 3.76. The van der Waals surface area contributed by atoms with Crippen molar-refractivity contribution in [2.45, 2.75) is 31.9 Å². The second-order valence-corrected chi connectivity index (χ2v) is 8.60. The molecule has 0 atom stereocenters. The van der Waals surface area contributed by atoms with E-state index < -0.39 is 5.60 Å². The summed E-state index contributed by atoms with van der Waals surface area (Å²) in [5.41, 5.74) is 2.47. The molecule has 174 valence electrons. The SMILES string of the molecule is COc1ccc(-c2ccc(OCCOc3ccc(CN4CCC(C)(O)CC4)cc3)nn2)cc1. The summed E-state index contributed by atoms with van der Waals surface area (Å²) in [6.45, 7) is 5.46. The van der Waals surface area contributed by atoms with Crippen molar-refractivity contribution in [3.63, 3.8) is 0 Å². The van der Waals surface area contributed by atoms with Gasteiger partial charge in [-0.3, -0.25) is 4.90 Å². The number of nitrogens with zero attached hydrogens (tertiary/aromatic N) is 3. The minimum Gasteiger partial charge on any atom is -0.497 e. The van der Waals surface area contributed by atoms with Crippen LogP contribution in [0.5, 0.6) is 17.4 Å². The summed E-state index contributed by atoms with van der Waals surface area (Å²) in [6, 6.07) is 19.5. The van der Waals surface area contributed by atoms with Crippen molar-refractivity contribution in [3.8, 4) is 28.6 Å². The average molecular weight is 450 g/mol. The lowest BCUT2D eigenvalue weighted by Gasteiger charge is -2.35. The Morgan fingerprint density at radius 2 is 1.52 bits per heavy atom. The number of hydrogen-bond acceptors (Lipinski definition) is 7. The van der Waals surface area contributed by atoms with Gasteiger partial charge in [0.15, 0.2) is 0 Å². The number of ether oxygens (including phenoxy) is 3. The van der Waals surface area contributed by atoms with Gasteiger partial charge in [-0.05, 0) is 67.8 Å². The first-order valence-electron chi connectivity index (χ1n) is 11.3. The number of likely N-dealkylation sites (tertiary alicyclic amines) is 1. The predicted octanol–water partition coefficient (Wildman–Crippen LogP) is 3.96. The first-order valence-corrected chi connectivity index (χ1v) is 11.3. The summed E-state index contributed by atoms with van der Waals surface area (Å²) < 4.78 is 16.6. The number of aromatic nitrogens is 2. The second kappa shape index (κ2) is 10.6. The lowest BCUT2D eigenvalue weighted by Crippen LogP contribution is -2.41. The van der Waals surface area contributed by atoms with E-state index in [0.717, 1.165) is 55.2 Å². The zero-order valence-corrected chi connectivity index (χ0v) is 19.2. The van der Waals surface area contributed by atoms with Gasteiger partial charge in [-0.1, -0.05) is 12.1 Å². The van der Waals surface area contributed by atoms with Crippen molar-refractivity contribution in [1.82, 2.24) is 15.1 Å². The highest BCUT2D eigenvalue weighted by Gasteiger charge is 2.27. The zero-order chi connectivity index (χ0) is 23.1. The van der Waals surface area contributed by atoms with Crippen molar-refractivity contribution in [2.75, 3.05) is 33.4 Å². The van der Waals surface area contributed by atoms with Gasteiger partial charge < -0.3 is 19.3 Å². The molecule has 3 aromatic rings. The average Bonchev–Trinajstić information content (AvgIpc) is 2.85. The summed E-state index contributed by atoms with van der Waals surface area (Å²) in [5.74, 6) is 2.08. The minimum atomic E-state index is -0.513. The molecule has 0 amide bonds. The Morgan fingerprint density at radius 3 is 2.15 bits per heavy atom. The third-order valence-corrected chi connectivity index (χ3v) is 5.89. The Morgan fingerprint density at radius 1 is 0.848 bits per heavy atom. The van der Waals surface area contributed by atoms with E-state index in [9.17, 15) is 5.11 Å². The van der Waals surface area contributed by atoms with E-state index in [1.807, 2.05) is 49.4 Å². The third-order valence-electron chi connectivity index (χ3n) is 5.89. The van der Waals surface area contributed by atoms with Crippen LogP contribution >= 0.6 is 0 Å². The van der Waals surface area contributed by atoms with Gasteiger partial charge in [0, 0.05) is 31.3 Å². The van der Waals surface area contributed by atoms with Gasteiger partial charge in [-0.25, -0.2) is 0 Å². The molecule has 33 heavy (non-hydrogen) atoms. The molecule has 2 aromatic carbocycles. The van der Waals surface area contributed by atoms with Gasteiger partial charge in [0.1, 0.15) is 24.7 Å². The number of aliphatic hydroxyl groups is 1. The number of piperidine rings is 1. The molecule has 0 aliphatic carbocycles. The number of rotatable bonds is 9. The highest BCUT2D eigenvalue weighted by atomic mass is 16.5. The van der Waals surface area contributed by atoms with Crippen LogP contribution in [0.15, 0.2) is 60.7 Å². The Labute approximate surface area is 194 Å². The van der Waals surface area contributed by atoms with E-state index in [-0.39, 0.29) is 0 Å². The van der Waals surface area contributed by atoms with Crippen LogP contribution in [0.1, 0.15) is 25.3 Å². The minimum absolute atomic E-state index is 0.381. The Balaban J connectivity index is 1.18. The Hall–Kier alpha value is -3.16. The van der Waals surface area contributed by atoms with Gasteiger partial charge in [0.25, 0.3) is 0 Å². The summed E-state index contributed by atoms with van der Waals surface area (Å²) in [7, 11) is 1.64. The van der Waals surface area contributed by atoms with Crippen molar-refractivity contribution in [3.05, 3.63) is 66.2 Å². The lowest BCUT2D eigenvalue weighted by molar-refractivity contribution is -0.00730. The zero-order valence-electron chi connectivity index (χ0n) is 19.2. The van der Waals surface area contributed by atoms with E-state index >= 15 is 0 Å². The summed E-state index contributed by atoms with van der Waals surface area (Å²) in [6.07, 6.45) is 1.64. The second-order valence-electron chi connectivity index (χ2n) is 8.60. The van der Waals surface area contributed by atoms with Crippen LogP contribution in [0.3, 0.4) is 0 Å². The molecule has 1 aromatic heterocycles. The molecule has 7 heteroatoms. The van der Waals surface area contributed by atoms with E-state index in [4.69, 9.17) is 14.2 Å². The van der Waals surface area contributed by atoms with Crippen molar-refractivity contribution >= 4 is 0 Å². The van der Waals surface area contributed by atoms with Crippen LogP contribution in [0.4, 0.5) is 0 Å². The highest BCUT2D eigenvalue weighted by Crippen LogP contribution is 2.23. The maximum absolute atomic E-state index is 10.1. The number of benzene rings is 2. The van der Waals surface area contributed by atoms with Crippen LogP contribution in [-0.4, -0.2) is 59.2 Å². The number of methoxy groups -OCH3 is 1. The van der Waals surface area contributed by atoms with Crippen molar-refractivity contribution in [2.24, 2.45) is 0 Å². The fourth-order valence-corrected chi connectivity index (χ4v) is 3.76. The Kier molecular flexibility index (Phi) is 7.42. The molecule has 1 aliphatic rings. The molecule has 1 saturated heterocycles. The molecule has 0 spiro atoms. The van der Waals surface area contributed by atoms with E-state index in [1.54, 1.807) is 13.2 Å². The molecule has 4 rings (SSSR count). The van der Waals surface area contributed by atoms with Crippen molar-refractivity contribution < 1.29 is 19.3 Å². The van der Waals surface area contributed by atoms with Crippen LogP contribution in [0.25, 0.3) is 11.3 Å². The van der Waals surface area contributed by atoms with Crippen LogP contribution in [0.2, 0.25) is 0 Å². The standard InChI is InChI=1S/C26H31N3O4/c1-26(30)13-15-29(16-14-26)19-20-3-7-23(8-4-20)32-17-18-33-25-12-11-24(27-28-25)21-5-9-22(31-2)10-6-21/h3-12,30H,13-19H2,1-2H3. The number of hydrogen-bond donors (Lipinski definition) is 1. The molecule has 0 saturated carbocycles. The summed E-state index contributed by atoms with van der Waals surface area (Å²) in [4.78, 5) is 2.38. The Bertz CT molecular complexity index is 995. The molecule has 1 N–H and O–H groups in total. The van der Waals surface area contributed by atoms with E-state index in [0.29, 0.717) is 19.1 Å². The quantitative estimate of drug-likeness (QED) is 0.496. The smallest absolute Gasteiger partial charge is 0.233 e. The molecule has 0 radical (unpaired) electrons. The summed E-state index contributed by atoms with van der Waals surface area (Å²) >= 11 is 0. The summed E-state index contributed by atoms with van der Waals surface area (Å²) in [5, 5.41) is 18.5. The monoisotopic (exact) mass is 449 g/mol. The molecule has 2 heterocycles. The molecule has 0 unspecified atom stereocenters. The van der Waals surface area contributed by atoms with Gasteiger partial charge in [-0.2, -0.15) is 0 Å². The first-order chi connectivity index (χ1) is 16.0. The third kappa shape index (κ3) is 6.66. The molecule has 1 aliphatic heterocycles. The molecule has 0 bridgehead atoms. The van der Waals surface area contributed by atoms with Crippen molar-refractivity contribution in [1.29, 1.82) is 0 Å². The lowest BCUT2D eigenvalue weighted by atomic mass is 9.93. The van der Waals surface area contributed by atoms with Gasteiger partial charge in [-0.15, -0.1) is 10.2 Å². The highest BCUT2D eigenvalue weighted by molar-refractivity contribution is 5.59. The normalized spacial score (nSPS) is 15.7. The van der Waals surface area contributed by atoms with Crippen LogP contribution in [-0.2, 0) is 6.54 Å². The topological polar surface area (TPSA) is 76.9 Å².